The van der Waals surface area contributed by atoms with Crippen LogP contribution in [0.2, 0.25) is 5.82 Å². The van der Waals surface area contributed by atoms with Crippen LogP contribution < -0.4 is 10.1 Å². The third kappa shape index (κ3) is 2.12. The van der Waals surface area contributed by atoms with Crippen LogP contribution in [0.3, 0.4) is 0 Å². The Morgan fingerprint density at radius 3 is 2.37 bits per heavy atom. The van der Waals surface area contributed by atoms with E-state index in [9.17, 15) is 4.79 Å². The predicted molar refractivity (Wildman–Crippen MR) is 79.2 cm³/mol. The minimum atomic E-state index is -0.208. The average Bonchev–Trinajstić information content (AvgIpc) is 2.46. The average molecular weight is 315 g/mol. The van der Waals surface area contributed by atoms with Gasteiger partial charge < -0.3 is 0 Å². The Hall–Kier alpha value is -1.83. The molecule has 0 bridgehead atoms. The maximum absolute atomic E-state index is 12.1. The number of benzene rings is 2. The van der Waals surface area contributed by atoms with Crippen LogP contribution in [0.1, 0.15) is 0 Å². The summed E-state index contributed by atoms with van der Waals surface area (Å²) in [4.78, 5) is 12.1. The van der Waals surface area contributed by atoms with Gasteiger partial charge in [0.2, 0.25) is 0 Å². The molecule has 3 rings (SSSR count). The Morgan fingerprint density at radius 1 is 0.947 bits per heavy atom. The quantitative estimate of drug-likeness (QED) is 0.538. The van der Waals surface area contributed by atoms with Crippen LogP contribution in [0, 0.1) is 0 Å². The van der Waals surface area contributed by atoms with Gasteiger partial charge >= 0.3 is 117 Å². The monoisotopic (exact) mass is 316 g/mol. The first kappa shape index (κ1) is 12.2. The van der Waals surface area contributed by atoms with Gasteiger partial charge in [-0.05, 0) is 0 Å². The Bertz CT molecular complexity index is 776. The molecule has 2 aromatic carbocycles. The van der Waals surface area contributed by atoms with E-state index in [0.29, 0.717) is 5.58 Å². The summed E-state index contributed by atoms with van der Waals surface area (Å²) in [7, 11) is 0. The first-order valence-electron chi connectivity index (χ1n) is 5.96. The van der Waals surface area contributed by atoms with Gasteiger partial charge in [0.1, 0.15) is 0 Å². The fourth-order valence-electron chi connectivity index (χ4n) is 2.21. The Morgan fingerprint density at radius 2 is 1.63 bits per heavy atom. The van der Waals surface area contributed by atoms with Crippen molar-refractivity contribution in [3.8, 4) is 11.1 Å². The maximum atomic E-state index is 12.1. The van der Waals surface area contributed by atoms with E-state index in [1.807, 2.05) is 60.4 Å². The zero-order valence-electron chi connectivity index (χ0n) is 10.4. The molecule has 2 nitrogen and oxygen atoms in total. The standard InChI is InChI=1S/C16H12O2Se/c1-19-15-14(11-7-3-2-4-8-11)12-9-5-6-10-13(12)18-16(15)17/h2-10H,1H3. The van der Waals surface area contributed by atoms with Crippen molar-refractivity contribution in [2.24, 2.45) is 0 Å². The summed E-state index contributed by atoms with van der Waals surface area (Å²) in [5, 5.41) is 1.01. The van der Waals surface area contributed by atoms with Crippen LogP contribution in [0.5, 0.6) is 0 Å². The fourth-order valence-corrected chi connectivity index (χ4v) is 3.55. The molecule has 0 atom stereocenters. The third-order valence-electron chi connectivity index (χ3n) is 3.04. The van der Waals surface area contributed by atoms with E-state index in [4.69, 9.17) is 4.42 Å². The van der Waals surface area contributed by atoms with E-state index in [1.165, 1.54) is 0 Å². The zero-order valence-corrected chi connectivity index (χ0v) is 12.1. The molecule has 0 aliphatic rings. The van der Waals surface area contributed by atoms with Gasteiger partial charge in [-0.25, -0.2) is 0 Å². The molecule has 1 heterocycles. The van der Waals surface area contributed by atoms with E-state index >= 15 is 0 Å². The zero-order chi connectivity index (χ0) is 13.2. The molecule has 0 aliphatic carbocycles. The summed E-state index contributed by atoms with van der Waals surface area (Å²) in [5.74, 6) is 2.04. The van der Waals surface area contributed by atoms with Crippen molar-refractivity contribution in [3.05, 3.63) is 65.0 Å². The number of para-hydroxylation sites is 1. The summed E-state index contributed by atoms with van der Waals surface area (Å²) in [6.45, 7) is 0. The topological polar surface area (TPSA) is 30.2 Å². The molecular formula is C16H12O2Se. The molecule has 3 heteroatoms. The van der Waals surface area contributed by atoms with Gasteiger partial charge in [-0.15, -0.1) is 0 Å². The van der Waals surface area contributed by atoms with E-state index in [0.717, 1.165) is 21.0 Å². The van der Waals surface area contributed by atoms with Crippen molar-refractivity contribution in [2.75, 3.05) is 0 Å². The number of hydrogen-bond donors (Lipinski definition) is 0. The molecule has 94 valence electrons. The molecule has 0 spiro atoms. The van der Waals surface area contributed by atoms with E-state index < -0.39 is 0 Å². The second kappa shape index (κ2) is 5.04. The third-order valence-corrected chi connectivity index (χ3v) is 4.67. The summed E-state index contributed by atoms with van der Waals surface area (Å²) in [6.07, 6.45) is 0. The normalized spacial score (nSPS) is 10.8. The summed E-state index contributed by atoms with van der Waals surface area (Å²) < 4.78 is 6.21. The molecule has 0 amide bonds. The summed E-state index contributed by atoms with van der Waals surface area (Å²) in [6, 6.07) is 17.8. The van der Waals surface area contributed by atoms with Crippen molar-refractivity contribution in [1.29, 1.82) is 0 Å². The van der Waals surface area contributed by atoms with Gasteiger partial charge in [0, 0.05) is 0 Å². The van der Waals surface area contributed by atoms with Gasteiger partial charge in [-0.1, -0.05) is 0 Å². The Kier molecular flexibility index (Phi) is 3.24. The second-order valence-corrected chi connectivity index (χ2v) is 5.87. The molecule has 0 N–H and O–H groups in total. The van der Waals surface area contributed by atoms with Crippen LogP contribution in [0.15, 0.2) is 63.8 Å². The number of rotatable bonds is 2. The molecular weight excluding hydrogens is 303 g/mol. The Balaban J connectivity index is 2.47. The molecule has 1 aromatic heterocycles. The summed E-state index contributed by atoms with van der Waals surface area (Å²) >= 11 is 0.0930. The molecule has 0 radical (unpaired) electrons. The predicted octanol–water partition coefficient (Wildman–Crippen LogP) is 2.84. The second-order valence-electron chi connectivity index (χ2n) is 4.16. The van der Waals surface area contributed by atoms with Gasteiger partial charge in [0.15, 0.2) is 0 Å². The van der Waals surface area contributed by atoms with Crippen molar-refractivity contribution in [3.63, 3.8) is 0 Å². The van der Waals surface area contributed by atoms with E-state index in [2.05, 4.69) is 0 Å². The van der Waals surface area contributed by atoms with Gasteiger partial charge in [-0.3, -0.25) is 0 Å². The van der Waals surface area contributed by atoms with Crippen molar-refractivity contribution >= 4 is 30.4 Å². The molecule has 3 aromatic rings. The Labute approximate surface area is 117 Å². The van der Waals surface area contributed by atoms with E-state index in [-0.39, 0.29) is 20.6 Å². The molecule has 0 saturated carbocycles. The van der Waals surface area contributed by atoms with Crippen molar-refractivity contribution in [1.82, 2.24) is 0 Å². The van der Waals surface area contributed by atoms with Gasteiger partial charge in [-0.2, -0.15) is 0 Å². The molecule has 0 unspecified atom stereocenters. The first-order chi connectivity index (χ1) is 9.31. The van der Waals surface area contributed by atoms with Crippen molar-refractivity contribution < 1.29 is 4.42 Å². The summed E-state index contributed by atoms with van der Waals surface area (Å²) in [5.41, 5.74) is 2.54. The molecule has 0 aliphatic heterocycles. The molecule has 19 heavy (non-hydrogen) atoms. The molecule has 0 saturated heterocycles. The van der Waals surface area contributed by atoms with Crippen LogP contribution >= 0.6 is 0 Å². The van der Waals surface area contributed by atoms with Crippen LogP contribution in [-0.4, -0.2) is 15.0 Å². The SMILES string of the molecule is C[Se]c1c(-c2ccccc2)c2ccccc2oc1=O. The van der Waals surface area contributed by atoms with Crippen LogP contribution in [0.4, 0.5) is 0 Å². The van der Waals surface area contributed by atoms with Crippen LogP contribution in [-0.2, 0) is 0 Å². The number of hydrogen-bond acceptors (Lipinski definition) is 2. The fraction of sp³-hybridized carbons (Fsp3) is 0.0625. The van der Waals surface area contributed by atoms with E-state index in [1.54, 1.807) is 0 Å². The minimum absolute atomic E-state index is 0.0930. The first-order valence-corrected chi connectivity index (χ1v) is 8.53. The molecule has 0 fully saturated rings. The van der Waals surface area contributed by atoms with Crippen LogP contribution in [0.25, 0.3) is 22.1 Å². The van der Waals surface area contributed by atoms with Gasteiger partial charge in [0.05, 0.1) is 0 Å². The van der Waals surface area contributed by atoms with Gasteiger partial charge in [0.25, 0.3) is 0 Å². The number of fused-ring (bicyclic) bond motifs is 1. The van der Waals surface area contributed by atoms with Crippen molar-refractivity contribution in [2.45, 2.75) is 5.82 Å².